The Morgan fingerprint density at radius 3 is 2.45 bits per heavy atom. The van der Waals surface area contributed by atoms with Crippen molar-refractivity contribution in [3.8, 4) is 0 Å². The highest BCUT2D eigenvalue weighted by Gasteiger charge is 2.03. The van der Waals surface area contributed by atoms with Crippen LogP contribution in [0.2, 0.25) is 0 Å². The normalized spacial score (nSPS) is 12.9. The lowest BCUT2D eigenvalue weighted by Gasteiger charge is -2.11. The van der Waals surface area contributed by atoms with Gasteiger partial charge in [-0.15, -0.1) is 0 Å². The van der Waals surface area contributed by atoms with Crippen LogP contribution in [0.3, 0.4) is 0 Å². The smallest absolute Gasteiger partial charge is 0.00476 e. The van der Waals surface area contributed by atoms with Crippen molar-refractivity contribution in [2.24, 2.45) is 5.92 Å². The van der Waals surface area contributed by atoms with Gasteiger partial charge in [0.05, 0.1) is 0 Å². The van der Waals surface area contributed by atoms with E-state index >= 15 is 0 Å². The monoisotopic (exact) mass is 155 g/mol. The number of nitrogens with one attached hydrogen (secondary N) is 1. The maximum atomic E-state index is 6.92. The molecule has 0 rings (SSSR count). The molecule has 0 saturated heterocycles. The highest BCUT2D eigenvalue weighted by atomic mass is 14.3. The first-order valence-corrected chi connectivity index (χ1v) is 4.84. The van der Waals surface area contributed by atoms with E-state index in [1.165, 1.54) is 38.3 Å². The van der Waals surface area contributed by atoms with E-state index < -0.39 is 0 Å². The summed E-state index contributed by atoms with van der Waals surface area (Å²) in [6.45, 7) is 4.49. The Labute approximate surface area is 70.7 Å². The van der Waals surface area contributed by atoms with Gasteiger partial charge >= 0.3 is 0 Å². The summed E-state index contributed by atoms with van der Waals surface area (Å²) in [7, 11) is 0. The zero-order valence-corrected chi connectivity index (χ0v) is 7.90. The summed E-state index contributed by atoms with van der Waals surface area (Å²) >= 11 is 0. The van der Waals surface area contributed by atoms with Crippen molar-refractivity contribution < 1.29 is 0 Å². The fraction of sp³-hybridized carbons (Fsp3) is 0.900. The molecule has 66 valence electrons. The van der Waals surface area contributed by atoms with Gasteiger partial charge in [0, 0.05) is 0 Å². The first kappa shape index (κ1) is 10.7. The second-order valence-electron chi connectivity index (χ2n) is 3.20. The molecule has 0 aromatic heterocycles. The van der Waals surface area contributed by atoms with Crippen LogP contribution in [-0.2, 0) is 0 Å². The third-order valence-electron chi connectivity index (χ3n) is 2.26. The van der Waals surface area contributed by atoms with E-state index in [0.717, 1.165) is 12.3 Å². The molecule has 0 saturated carbocycles. The predicted octanol–water partition coefficient (Wildman–Crippen LogP) is 3.63. The average molecular weight is 155 g/mol. The Morgan fingerprint density at radius 2 is 2.00 bits per heavy atom. The molecule has 0 aliphatic heterocycles. The van der Waals surface area contributed by atoms with Gasteiger partial charge in [0.1, 0.15) is 0 Å². The summed E-state index contributed by atoms with van der Waals surface area (Å²) in [4.78, 5) is 0. The van der Waals surface area contributed by atoms with Crippen molar-refractivity contribution in [2.75, 3.05) is 0 Å². The second-order valence-corrected chi connectivity index (χ2v) is 3.20. The lowest BCUT2D eigenvalue weighted by Crippen LogP contribution is -1.98. The van der Waals surface area contributed by atoms with E-state index in [-0.39, 0.29) is 0 Å². The van der Waals surface area contributed by atoms with Gasteiger partial charge in [0.25, 0.3) is 0 Å². The first-order valence-electron chi connectivity index (χ1n) is 4.84. The maximum absolute atomic E-state index is 6.92. The van der Waals surface area contributed by atoms with E-state index in [0.29, 0.717) is 0 Å². The third kappa shape index (κ3) is 6.08. The summed E-state index contributed by atoms with van der Waals surface area (Å²) in [5.74, 6) is 0.872. The van der Waals surface area contributed by atoms with Gasteiger partial charge in [-0.3, -0.25) is 0 Å². The molecular formula is C10H21N. The Hall–Kier alpha value is -0.330. The molecular weight excluding hydrogens is 134 g/mol. The lowest BCUT2D eigenvalue weighted by molar-refractivity contribution is 0.430. The minimum Gasteiger partial charge on any atom is -0.313 e. The molecule has 1 heteroatoms. The third-order valence-corrected chi connectivity index (χ3v) is 2.26. The van der Waals surface area contributed by atoms with Crippen LogP contribution in [0.1, 0.15) is 52.4 Å². The van der Waals surface area contributed by atoms with Crippen LogP contribution in [0.4, 0.5) is 0 Å². The Morgan fingerprint density at radius 1 is 1.27 bits per heavy atom. The van der Waals surface area contributed by atoms with Gasteiger partial charge in [-0.1, -0.05) is 39.5 Å². The van der Waals surface area contributed by atoms with Gasteiger partial charge in [-0.25, -0.2) is 0 Å². The van der Waals surface area contributed by atoms with E-state index in [1.807, 2.05) is 0 Å². The van der Waals surface area contributed by atoms with E-state index in [2.05, 4.69) is 13.8 Å². The zero-order valence-electron chi connectivity index (χ0n) is 7.90. The molecule has 0 heterocycles. The molecule has 1 N–H and O–H groups in total. The Bertz CT molecular complexity index is 88.9. The van der Waals surface area contributed by atoms with Crippen molar-refractivity contribution in [3.63, 3.8) is 0 Å². The van der Waals surface area contributed by atoms with Crippen molar-refractivity contribution in [2.45, 2.75) is 52.4 Å². The van der Waals surface area contributed by atoms with E-state index in [1.54, 1.807) is 0 Å². The molecule has 0 aliphatic rings. The van der Waals surface area contributed by atoms with Crippen LogP contribution in [-0.4, -0.2) is 6.21 Å². The van der Waals surface area contributed by atoms with Crippen LogP contribution in [0.15, 0.2) is 0 Å². The molecule has 0 bridgehead atoms. The molecule has 1 atom stereocenters. The molecule has 0 aromatic rings. The second kappa shape index (κ2) is 7.77. The van der Waals surface area contributed by atoms with Gasteiger partial charge in [-0.05, 0) is 25.0 Å². The van der Waals surface area contributed by atoms with Crippen molar-refractivity contribution in [1.29, 1.82) is 5.41 Å². The SMILES string of the molecule is CCCCC(CC)CCC=N. The molecule has 11 heavy (non-hydrogen) atoms. The summed E-state index contributed by atoms with van der Waals surface area (Å²) in [5.41, 5.74) is 0. The standard InChI is InChI=1S/C10H21N/c1-3-5-7-10(4-2)8-6-9-11/h9-11H,3-8H2,1-2H3. The van der Waals surface area contributed by atoms with Crippen LogP contribution in [0.5, 0.6) is 0 Å². The summed E-state index contributed by atoms with van der Waals surface area (Å²) in [6.07, 6.45) is 9.04. The molecule has 0 amide bonds. The highest BCUT2D eigenvalue weighted by molar-refractivity contribution is 5.52. The average Bonchev–Trinajstić information content (AvgIpc) is 2.05. The van der Waals surface area contributed by atoms with Gasteiger partial charge in [0.15, 0.2) is 0 Å². The molecule has 1 nitrogen and oxygen atoms in total. The number of unbranched alkanes of at least 4 members (excludes halogenated alkanes) is 1. The minimum absolute atomic E-state index is 0.872. The first-order chi connectivity index (χ1) is 5.35. The van der Waals surface area contributed by atoms with Crippen molar-refractivity contribution in [1.82, 2.24) is 0 Å². The summed E-state index contributed by atoms with van der Waals surface area (Å²) < 4.78 is 0. The molecule has 0 fully saturated rings. The van der Waals surface area contributed by atoms with Gasteiger partial charge in [-0.2, -0.15) is 0 Å². The fourth-order valence-corrected chi connectivity index (χ4v) is 1.36. The van der Waals surface area contributed by atoms with Gasteiger partial charge in [0.2, 0.25) is 0 Å². The van der Waals surface area contributed by atoms with Crippen molar-refractivity contribution >= 4 is 6.21 Å². The Balaban J connectivity index is 3.32. The number of hydrogen-bond acceptors (Lipinski definition) is 1. The van der Waals surface area contributed by atoms with Crippen LogP contribution in [0, 0.1) is 11.3 Å². The van der Waals surface area contributed by atoms with Crippen LogP contribution in [0.25, 0.3) is 0 Å². The van der Waals surface area contributed by atoms with E-state index in [4.69, 9.17) is 5.41 Å². The topological polar surface area (TPSA) is 23.9 Å². The minimum atomic E-state index is 0.872. The molecule has 0 spiro atoms. The fourth-order valence-electron chi connectivity index (χ4n) is 1.36. The summed E-state index contributed by atoms with van der Waals surface area (Å²) in [5, 5.41) is 6.92. The highest BCUT2D eigenvalue weighted by Crippen LogP contribution is 2.17. The molecule has 0 aliphatic carbocycles. The number of rotatable bonds is 7. The lowest BCUT2D eigenvalue weighted by atomic mass is 9.95. The maximum Gasteiger partial charge on any atom is -0.00476 e. The Kier molecular flexibility index (Phi) is 7.54. The number of hydrogen-bond donors (Lipinski definition) is 1. The quantitative estimate of drug-likeness (QED) is 0.543. The predicted molar refractivity (Wildman–Crippen MR) is 51.3 cm³/mol. The van der Waals surface area contributed by atoms with E-state index in [9.17, 15) is 0 Å². The van der Waals surface area contributed by atoms with Gasteiger partial charge < -0.3 is 5.41 Å². The van der Waals surface area contributed by atoms with Crippen LogP contribution >= 0.6 is 0 Å². The largest absolute Gasteiger partial charge is 0.313 e. The molecule has 0 aromatic carbocycles. The molecule has 1 unspecified atom stereocenters. The molecule has 0 radical (unpaired) electrons. The zero-order chi connectivity index (χ0) is 8.53. The summed E-state index contributed by atoms with van der Waals surface area (Å²) in [6, 6.07) is 0. The van der Waals surface area contributed by atoms with Crippen molar-refractivity contribution in [3.05, 3.63) is 0 Å². The van der Waals surface area contributed by atoms with Crippen LogP contribution < -0.4 is 0 Å².